The van der Waals surface area contributed by atoms with Crippen molar-refractivity contribution in [3.05, 3.63) is 45.6 Å². The molecule has 2 aromatic rings. The van der Waals surface area contributed by atoms with Crippen molar-refractivity contribution in [3.8, 4) is 5.75 Å². The lowest BCUT2D eigenvalue weighted by molar-refractivity contribution is 0.0359. The number of methoxy groups -OCH3 is 1. The van der Waals surface area contributed by atoms with Gasteiger partial charge in [0, 0.05) is 17.1 Å². The molecule has 0 aliphatic rings. The van der Waals surface area contributed by atoms with Crippen LogP contribution in [0.15, 0.2) is 35.7 Å². The summed E-state index contributed by atoms with van der Waals surface area (Å²) in [5, 5.41) is 15.5. The lowest BCUT2D eigenvalue weighted by Crippen LogP contribution is -2.24. The van der Waals surface area contributed by atoms with Crippen molar-refractivity contribution in [2.45, 2.75) is 12.7 Å². The average Bonchev–Trinajstić information content (AvgIpc) is 2.98. The number of aliphatic hydroxyl groups is 1. The summed E-state index contributed by atoms with van der Waals surface area (Å²) in [6, 6.07) is 9.39. The Morgan fingerprint density at radius 1 is 1.38 bits per heavy atom. The number of nitrogens with one attached hydrogen (secondary N) is 1. The molecule has 2 rings (SSSR count). The monoisotopic (exact) mass is 327 g/mol. The molecule has 1 heterocycles. The fourth-order valence-electron chi connectivity index (χ4n) is 1.76. The van der Waals surface area contributed by atoms with Crippen LogP contribution in [0.25, 0.3) is 0 Å². The van der Waals surface area contributed by atoms with Crippen LogP contribution in [-0.2, 0) is 11.3 Å². The Kier molecular flexibility index (Phi) is 6.32. The quantitative estimate of drug-likeness (QED) is 0.780. The number of thiophene rings is 1. The van der Waals surface area contributed by atoms with E-state index in [0.717, 1.165) is 10.6 Å². The number of ether oxygens (including phenoxy) is 2. The van der Waals surface area contributed by atoms with Gasteiger partial charge >= 0.3 is 0 Å². The largest absolute Gasteiger partial charge is 0.495 e. The van der Waals surface area contributed by atoms with Gasteiger partial charge in [0.25, 0.3) is 0 Å². The second-order valence-corrected chi connectivity index (χ2v) is 5.92. The first-order chi connectivity index (χ1) is 10.2. The minimum atomic E-state index is -0.578. The highest BCUT2D eigenvalue weighted by Crippen LogP contribution is 2.27. The molecule has 4 nitrogen and oxygen atoms in total. The van der Waals surface area contributed by atoms with Crippen LogP contribution in [0.3, 0.4) is 0 Å². The van der Waals surface area contributed by atoms with Crippen molar-refractivity contribution in [1.29, 1.82) is 0 Å². The van der Waals surface area contributed by atoms with Gasteiger partial charge in [-0.1, -0.05) is 17.7 Å². The van der Waals surface area contributed by atoms with Crippen LogP contribution in [0.1, 0.15) is 4.88 Å². The molecular weight excluding hydrogens is 310 g/mol. The van der Waals surface area contributed by atoms with Crippen LogP contribution in [0, 0.1) is 0 Å². The number of aliphatic hydroxyl groups excluding tert-OH is 1. The zero-order valence-electron chi connectivity index (χ0n) is 11.7. The van der Waals surface area contributed by atoms with Gasteiger partial charge in [-0.2, -0.15) is 0 Å². The first-order valence-corrected chi connectivity index (χ1v) is 7.80. The minimum absolute atomic E-state index is 0.286. The van der Waals surface area contributed by atoms with Gasteiger partial charge in [0.2, 0.25) is 0 Å². The lowest BCUT2D eigenvalue weighted by atomic mass is 10.3. The molecule has 114 valence electrons. The second-order valence-electron chi connectivity index (χ2n) is 4.48. The summed E-state index contributed by atoms with van der Waals surface area (Å²) in [5.41, 5.74) is 0.832. The molecule has 0 amide bonds. The summed E-state index contributed by atoms with van der Waals surface area (Å²) in [6.45, 7) is 1.21. The molecule has 0 bridgehead atoms. The summed E-state index contributed by atoms with van der Waals surface area (Å²) in [7, 11) is 1.57. The van der Waals surface area contributed by atoms with E-state index in [1.165, 1.54) is 0 Å². The third-order valence-electron chi connectivity index (χ3n) is 2.83. The maximum Gasteiger partial charge on any atom is 0.137 e. The van der Waals surface area contributed by atoms with Crippen molar-refractivity contribution >= 4 is 28.6 Å². The standard InChI is InChI=1S/C15H18ClNO3S/c1-19-15-5-4-11(7-14(15)16)17-8-12(18)9-20-10-13-3-2-6-21-13/h2-7,12,17-18H,8-10H2,1H3. The molecule has 1 unspecified atom stereocenters. The van der Waals surface area contributed by atoms with Crippen LogP contribution in [-0.4, -0.2) is 31.5 Å². The van der Waals surface area contributed by atoms with Gasteiger partial charge in [-0.25, -0.2) is 0 Å². The van der Waals surface area contributed by atoms with Crippen LogP contribution < -0.4 is 10.1 Å². The molecule has 0 saturated heterocycles. The molecule has 2 N–H and O–H groups in total. The van der Waals surface area contributed by atoms with Crippen LogP contribution in [0.2, 0.25) is 5.02 Å². The topological polar surface area (TPSA) is 50.7 Å². The third-order valence-corrected chi connectivity index (χ3v) is 3.97. The summed E-state index contributed by atoms with van der Waals surface area (Å²) >= 11 is 7.68. The van der Waals surface area contributed by atoms with Gasteiger partial charge in [0.1, 0.15) is 5.75 Å². The zero-order chi connectivity index (χ0) is 15.1. The first kappa shape index (κ1) is 16.1. The molecule has 6 heteroatoms. The average molecular weight is 328 g/mol. The first-order valence-electron chi connectivity index (χ1n) is 6.54. The van der Waals surface area contributed by atoms with Crippen molar-refractivity contribution in [3.63, 3.8) is 0 Å². The van der Waals surface area contributed by atoms with Crippen molar-refractivity contribution < 1.29 is 14.6 Å². The van der Waals surface area contributed by atoms with E-state index in [1.54, 1.807) is 30.6 Å². The van der Waals surface area contributed by atoms with Crippen LogP contribution in [0.4, 0.5) is 5.69 Å². The maximum atomic E-state index is 9.87. The van der Waals surface area contributed by atoms with E-state index < -0.39 is 6.10 Å². The highest BCUT2D eigenvalue weighted by molar-refractivity contribution is 7.09. The Morgan fingerprint density at radius 3 is 2.90 bits per heavy atom. The SMILES string of the molecule is COc1ccc(NCC(O)COCc2cccs2)cc1Cl. The van der Waals surface area contributed by atoms with Gasteiger partial charge in [-0.05, 0) is 29.6 Å². The molecular formula is C15H18ClNO3S. The fraction of sp³-hybridized carbons (Fsp3) is 0.333. The summed E-state index contributed by atoms with van der Waals surface area (Å²) in [4.78, 5) is 1.15. The Morgan fingerprint density at radius 2 is 2.24 bits per heavy atom. The van der Waals surface area contributed by atoms with E-state index in [1.807, 2.05) is 23.6 Å². The van der Waals surface area contributed by atoms with Gasteiger partial charge in [-0.3, -0.25) is 0 Å². The highest BCUT2D eigenvalue weighted by atomic mass is 35.5. The number of hydrogen-bond donors (Lipinski definition) is 2. The number of anilines is 1. The Labute approximate surface area is 133 Å². The molecule has 0 aliphatic carbocycles. The van der Waals surface area contributed by atoms with Gasteiger partial charge < -0.3 is 19.9 Å². The van der Waals surface area contributed by atoms with Gasteiger partial charge in [-0.15, -0.1) is 11.3 Å². The number of rotatable bonds is 8. The van der Waals surface area contributed by atoms with Gasteiger partial charge in [0.05, 0.1) is 31.5 Å². The summed E-state index contributed by atoms with van der Waals surface area (Å²) in [6.07, 6.45) is -0.578. The molecule has 0 saturated carbocycles. The number of halogens is 1. The van der Waals surface area contributed by atoms with Crippen LogP contribution in [0.5, 0.6) is 5.75 Å². The van der Waals surface area contributed by atoms with Crippen molar-refractivity contribution in [2.75, 3.05) is 25.6 Å². The van der Waals surface area contributed by atoms with E-state index in [9.17, 15) is 5.11 Å². The van der Waals surface area contributed by atoms with E-state index in [-0.39, 0.29) is 6.61 Å². The van der Waals surface area contributed by atoms with E-state index in [4.69, 9.17) is 21.1 Å². The lowest BCUT2D eigenvalue weighted by Gasteiger charge is -2.13. The smallest absolute Gasteiger partial charge is 0.137 e. The third kappa shape index (κ3) is 5.21. The second kappa shape index (κ2) is 8.24. The Balaban J connectivity index is 1.70. The van der Waals surface area contributed by atoms with Gasteiger partial charge in [0.15, 0.2) is 0 Å². The fourth-order valence-corrected chi connectivity index (χ4v) is 2.66. The predicted molar refractivity (Wildman–Crippen MR) is 86.5 cm³/mol. The summed E-state index contributed by atoms with van der Waals surface area (Å²) in [5.74, 6) is 0.627. The normalized spacial score (nSPS) is 12.1. The molecule has 0 fully saturated rings. The summed E-state index contributed by atoms with van der Waals surface area (Å²) < 4.78 is 10.5. The Hall–Kier alpha value is -1.27. The molecule has 0 spiro atoms. The van der Waals surface area contributed by atoms with Crippen molar-refractivity contribution in [1.82, 2.24) is 0 Å². The Bertz CT molecular complexity index is 548. The molecule has 1 aromatic heterocycles. The molecule has 0 radical (unpaired) electrons. The zero-order valence-corrected chi connectivity index (χ0v) is 13.3. The number of hydrogen-bond acceptors (Lipinski definition) is 5. The molecule has 21 heavy (non-hydrogen) atoms. The number of benzene rings is 1. The predicted octanol–water partition coefficient (Wildman–Crippen LogP) is 3.40. The van der Waals surface area contributed by atoms with Crippen molar-refractivity contribution in [2.24, 2.45) is 0 Å². The maximum absolute atomic E-state index is 9.87. The van der Waals surface area contributed by atoms with E-state index >= 15 is 0 Å². The van der Waals surface area contributed by atoms with E-state index in [0.29, 0.717) is 23.9 Å². The highest BCUT2D eigenvalue weighted by Gasteiger charge is 2.06. The van der Waals surface area contributed by atoms with E-state index in [2.05, 4.69) is 5.32 Å². The minimum Gasteiger partial charge on any atom is -0.495 e. The van der Waals surface area contributed by atoms with Crippen LogP contribution >= 0.6 is 22.9 Å². The molecule has 0 aliphatic heterocycles. The molecule has 1 atom stereocenters. The molecule has 1 aromatic carbocycles.